The standard InChI is InChI=1S/C16H16N2OS2.C8H16O2/c1-11(2)19-16-14(10-21-15-8-5-9-20-15)17-12-6-3-4-7-13(12)18-16;1-6(2)7(9)10-8(3,4)5/h3-9,11H,10H2,1-2H3;6H,1-5H3. The molecule has 3 rings (SSSR count). The molecule has 0 saturated carbocycles. The van der Waals surface area contributed by atoms with Gasteiger partial charge in [-0.05, 0) is 58.2 Å². The van der Waals surface area contributed by atoms with Crippen molar-refractivity contribution in [1.82, 2.24) is 9.97 Å². The Morgan fingerprint density at radius 2 is 1.68 bits per heavy atom. The average Bonchev–Trinajstić information content (AvgIpc) is 3.18. The fourth-order valence-electron chi connectivity index (χ4n) is 2.34. The lowest BCUT2D eigenvalue weighted by Crippen LogP contribution is -2.26. The van der Waals surface area contributed by atoms with Crippen LogP contribution in [0, 0.1) is 5.92 Å². The van der Waals surface area contributed by atoms with Crippen LogP contribution in [-0.2, 0) is 15.3 Å². The topological polar surface area (TPSA) is 61.3 Å². The van der Waals surface area contributed by atoms with Gasteiger partial charge in [0.15, 0.2) is 0 Å². The van der Waals surface area contributed by atoms with Crippen molar-refractivity contribution in [3.05, 3.63) is 47.5 Å². The summed E-state index contributed by atoms with van der Waals surface area (Å²) in [5.41, 5.74) is 2.34. The first kappa shape index (κ1) is 25.1. The van der Waals surface area contributed by atoms with Gasteiger partial charge in [0, 0.05) is 5.75 Å². The third-order valence-electron chi connectivity index (χ3n) is 3.68. The Balaban J connectivity index is 0.000000291. The number of thiophene rings is 1. The molecular formula is C24H32N2O3S2. The first-order valence-electron chi connectivity index (χ1n) is 10.4. The first-order chi connectivity index (χ1) is 14.5. The van der Waals surface area contributed by atoms with E-state index in [0.29, 0.717) is 5.88 Å². The summed E-state index contributed by atoms with van der Waals surface area (Å²) in [6.07, 6.45) is 0.0888. The Hall–Kier alpha value is -2.12. The molecule has 0 fully saturated rings. The van der Waals surface area contributed by atoms with Crippen LogP contribution in [0.3, 0.4) is 0 Å². The van der Waals surface area contributed by atoms with E-state index < -0.39 is 0 Å². The predicted octanol–water partition coefficient (Wildman–Crippen LogP) is 6.75. The quantitative estimate of drug-likeness (QED) is 0.299. The lowest BCUT2D eigenvalue weighted by atomic mass is 10.1. The molecule has 0 saturated heterocycles. The summed E-state index contributed by atoms with van der Waals surface area (Å²) in [5.74, 6) is 1.25. The lowest BCUT2D eigenvalue weighted by Gasteiger charge is -2.20. The Bertz CT molecular complexity index is 965. The fraction of sp³-hybridized carbons (Fsp3) is 0.458. The zero-order valence-corrected chi connectivity index (χ0v) is 21.0. The number of nitrogens with zero attached hydrogens (tertiary/aromatic N) is 2. The van der Waals surface area contributed by atoms with E-state index in [9.17, 15) is 4.79 Å². The van der Waals surface area contributed by atoms with Gasteiger partial charge in [0.05, 0.1) is 27.3 Å². The van der Waals surface area contributed by atoms with E-state index in [0.717, 1.165) is 22.5 Å². The number of para-hydroxylation sites is 2. The number of aromatic nitrogens is 2. The van der Waals surface area contributed by atoms with Crippen LogP contribution in [-0.4, -0.2) is 27.6 Å². The van der Waals surface area contributed by atoms with E-state index >= 15 is 0 Å². The van der Waals surface area contributed by atoms with Gasteiger partial charge < -0.3 is 9.47 Å². The largest absolute Gasteiger partial charge is 0.474 e. The second kappa shape index (κ2) is 11.5. The summed E-state index contributed by atoms with van der Waals surface area (Å²) in [6.45, 7) is 13.3. The molecule has 0 radical (unpaired) electrons. The van der Waals surface area contributed by atoms with Crippen LogP contribution in [0.25, 0.3) is 11.0 Å². The van der Waals surface area contributed by atoms with Crippen LogP contribution in [0.2, 0.25) is 0 Å². The van der Waals surface area contributed by atoms with Crippen LogP contribution in [0.4, 0.5) is 0 Å². The molecule has 31 heavy (non-hydrogen) atoms. The third kappa shape index (κ3) is 8.87. The van der Waals surface area contributed by atoms with Gasteiger partial charge >= 0.3 is 5.97 Å². The fourth-order valence-corrected chi connectivity index (χ4v) is 4.04. The molecule has 3 aromatic rings. The highest BCUT2D eigenvalue weighted by atomic mass is 32.2. The number of benzene rings is 1. The summed E-state index contributed by atoms with van der Waals surface area (Å²) < 4.78 is 12.2. The summed E-state index contributed by atoms with van der Waals surface area (Å²) in [7, 11) is 0. The number of carbonyl (C=O) groups is 1. The number of rotatable bonds is 6. The van der Waals surface area contributed by atoms with E-state index in [1.165, 1.54) is 4.21 Å². The molecule has 1 aromatic carbocycles. The number of thioether (sulfide) groups is 1. The SMILES string of the molecule is CC(C)C(=O)OC(C)(C)C.CC(C)Oc1nc2ccccc2nc1CSc1cccs1. The number of hydrogen-bond donors (Lipinski definition) is 0. The Kier molecular flexibility index (Phi) is 9.32. The van der Waals surface area contributed by atoms with E-state index in [2.05, 4.69) is 22.5 Å². The van der Waals surface area contributed by atoms with Crippen molar-refractivity contribution in [3.63, 3.8) is 0 Å². The summed E-state index contributed by atoms with van der Waals surface area (Å²) in [6, 6.07) is 12.1. The lowest BCUT2D eigenvalue weighted by molar-refractivity contribution is -0.158. The van der Waals surface area contributed by atoms with E-state index in [4.69, 9.17) is 14.5 Å². The monoisotopic (exact) mass is 460 g/mol. The molecule has 5 nitrogen and oxygen atoms in total. The van der Waals surface area contributed by atoms with Crippen molar-refractivity contribution in [2.24, 2.45) is 5.92 Å². The molecule has 0 aliphatic rings. The molecule has 168 valence electrons. The molecular weight excluding hydrogens is 428 g/mol. The van der Waals surface area contributed by atoms with Crippen molar-refractivity contribution < 1.29 is 14.3 Å². The predicted molar refractivity (Wildman–Crippen MR) is 130 cm³/mol. The minimum atomic E-state index is -0.346. The van der Waals surface area contributed by atoms with Gasteiger partial charge in [0.1, 0.15) is 11.3 Å². The van der Waals surface area contributed by atoms with Gasteiger partial charge in [-0.25, -0.2) is 9.97 Å². The molecule has 2 heterocycles. The van der Waals surface area contributed by atoms with Crippen LogP contribution in [0.5, 0.6) is 5.88 Å². The van der Waals surface area contributed by atoms with Gasteiger partial charge in [-0.1, -0.05) is 32.0 Å². The number of fused-ring (bicyclic) bond motifs is 1. The van der Waals surface area contributed by atoms with Crippen molar-refractivity contribution in [2.75, 3.05) is 0 Å². The van der Waals surface area contributed by atoms with Gasteiger partial charge in [-0.2, -0.15) is 0 Å². The Morgan fingerprint density at radius 3 is 2.16 bits per heavy atom. The van der Waals surface area contributed by atoms with Crippen LogP contribution < -0.4 is 4.74 Å². The van der Waals surface area contributed by atoms with Crippen molar-refractivity contribution >= 4 is 40.1 Å². The molecule has 0 aliphatic heterocycles. The van der Waals surface area contributed by atoms with Crippen LogP contribution >= 0.6 is 23.1 Å². The second-order valence-corrected chi connectivity index (χ2v) is 10.8. The molecule has 2 aromatic heterocycles. The maximum Gasteiger partial charge on any atom is 0.308 e. The molecule has 0 spiro atoms. The minimum Gasteiger partial charge on any atom is -0.474 e. The molecule has 0 atom stereocenters. The molecule has 0 unspecified atom stereocenters. The molecule has 0 bridgehead atoms. The highest BCUT2D eigenvalue weighted by Gasteiger charge is 2.18. The Labute approximate surface area is 193 Å². The van der Waals surface area contributed by atoms with Gasteiger partial charge in [0.25, 0.3) is 0 Å². The smallest absolute Gasteiger partial charge is 0.308 e. The molecule has 0 N–H and O–H groups in total. The average molecular weight is 461 g/mol. The minimum absolute atomic E-state index is 0.0285. The normalized spacial score (nSPS) is 11.4. The number of carbonyl (C=O) groups excluding carboxylic acids is 1. The molecule has 7 heteroatoms. The zero-order valence-electron chi connectivity index (χ0n) is 19.3. The van der Waals surface area contributed by atoms with Gasteiger partial charge in [-0.15, -0.1) is 23.1 Å². The third-order valence-corrected chi connectivity index (χ3v) is 5.82. The Morgan fingerprint density at radius 1 is 1.03 bits per heavy atom. The molecule has 0 aliphatic carbocycles. The van der Waals surface area contributed by atoms with Crippen LogP contribution in [0.15, 0.2) is 46.0 Å². The van der Waals surface area contributed by atoms with E-state index in [1.807, 2.05) is 72.7 Å². The zero-order chi connectivity index (χ0) is 23.0. The number of esters is 1. The first-order valence-corrected chi connectivity index (χ1v) is 12.2. The highest BCUT2D eigenvalue weighted by molar-refractivity contribution is 8.00. The van der Waals surface area contributed by atoms with Gasteiger partial charge in [0.2, 0.25) is 5.88 Å². The number of ether oxygens (including phenoxy) is 2. The van der Waals surface area contributed by atoms with E-state index in [1.54, 1.807) is 23.1 Å². The summed E-state index contributed by atoms with van der Waals surface area (Å²) in [5, 5.41) is 2.08. The maximum absolute atomic E-state index is 10.9. The summed E-state index contributed by atoms with van der Waals surface area (Å²) >= 11 is 3.51. The van der Waals surface area contributed by atoms with Crippen molar-refractivity contribution in [1.29, 1.82) is 0 Å². The highest BCUT2D eigenvalue weighted by Crippen LogP contribution is 2.30. The maximum atomic E-state index is 10.9. The van der Waals surface area contributed by atoms with Crippen LogP contribution in [0.1, 0.15) is 54.2 Å². The van der Waals surface area contributed by atoms with Gasteiger partial charge in [-0.3, -0.25) is 4.79 Å². The van der Waals surface area contributed by atoms with Crippen molar-refractivity contribution in [2.45, 2.75) is 70.1 Å². The van der Waals surface area contributed by atoms with E-state index in [-0.39, 0.29) is 23.6 Å². The summed E-state index contributed by atoms with van der Waals surface area (Å²) in [4.78, 5) is 20.3. The molecule has 0 amide bonds. The number of hydrogen-bond acceptors (Lipinski definition) is 7. The second-order valence-electron chi connectivity index (χ2n) is 8.54. The van der Waals surface area contributed by atoms with Crippen molar-refractivity contribution in [3.8, 4) is 5.88 Å².